The van der Waals surface area contributed by atoms with Gasteiger partial charge in [-0.05, 0) is 54.9 Å². The number of rotatable bonds is 3. The van der Waals surface area contributed by atoms with E-state index in [4.69, 9.17) is 14.2 Å². The predicted octanol–water partition coefficient (Wildman–Crippen LogP) is 4.86. The highest BCUT2D eigenvalue weighted by atomic mass is 79.9. The molecule has 0 amide bonds. The fraction of sp³-hybridized carbons (Fsp3) is 0.353. The molecule has 0 aliphatic carbocycles. The SMILES string of the molecule is COc1cc(-c2cc(Br)cn2C(=O)OC(C)(C)C)cc(F)c1OC. The van der Waals surface area contributed by atoms with E-state index in [0.717, 1.165) is 0 Å². The molecule has 0 N–H and O–H groups in total. The zero-order chi connectivity index (χ0) is 18.1. The van der Waals surface area contributed by atoms with Gasteiger partial charge in [0.25, 0.3) is 0 Å². The second-order valence-electron chi connectivity index (χ2n) is 6.09. The van der Waals surface area contributed by atoms with Gasteiger partial charge in [-0.2, -0.15) is 0 Å². The zero-order valence-electron chi connectivity index (χ0n) is 14.1. The van der Waals surface area contributed by atoms with Crippen molar-refractivity contribution in [3.8, 4) is 22.8 Å². The second kappa shape index (κ2) is 6.84. The average Bonchev–Trinajstić information content (AvgIpc) is 2.86. The third-order valence-corrected chi connectivity index (χ3v) is 3.54. The van der Waals surface area contributed by atoms with Crippen LogP contribution in [0.2, 0.25) is 0 Å². The summed E-state index contributed by atoms with van der Waals surface area (Å²) in [5.41, 5.74) is 0.284. The number of ether oxygens (including phenoxy) is 3. The summed E-state index contributed by atoms with van der Waals surface area (Å²) in [5.74, 6) is -0.337. The topological polar surface area (TPSA) is 49.7 Å². The van der Waals surface area contributed by atoms with Crippen LogP contribution >= 0.6 is 15.9 Å². The van der Waals surface area contributed by atoms with Crippen molar-refractivity contribution < 1.29 is 23.4 Å². The fourth-order valence-corrected chi connectivity index (χ4v) is 2.60. The Morgan fingerprint density at radius 1 is 1.17 bits per heavy atom. The first-order chi connectivity index (χ1) is 11.2. The predicted molar refractivity (Wildman–Crippen MR) is 92.3 cm³/mol. The molecule has 5 nitrogen and oxygen atoms in total. The summed E-state index contributed by atoms with van der Waals surface area (Å²) >= 11 is 3.33. The lowest BCUT2D eigenvalue weighted by molar-refractivity contribution is 0.0540. The largest absolute Gasteiger partial charge is 0.493 e. The Bertz CT molecular complexity index is 765. The molecule has 0 radical (unpaired) electrons. The molecule has 0 saturated heterocycles. The Kier molecular flexibility index (Phi) is 5.22. The van der Waals surface area contributed by atoms with E-state index in [1.54, 1.807) is 39.1 Å². The lowest BCUT2D eigenvalue weighted by atomic mass is 10.1. The number of halogens is 2. The van der Waals surface area contributed by atoms with Crippen LogP contribution in [-0.4, -0.2) is 30.5 Å². The molecule has 0 unspecified atom stereocenters. The van der Waals surface area contributed by atoms with Crippen LogP contribution in [0.3, 0.4) is 0 Å². The van der Waals surface area contributed by atoms with Gasteiger partial charge in [0.1, 0.15) is 5.60 Å². The first-order valence-corrected chi connectivity index (χ1v) is 7.98. The molecule has 7 heteroatoms. The van der Waals surface area contributed by atoms with Crippen LogP contribution in [0.5, 0.6) is 11.5 Å². The van der Waals surface area contributed by atoms with Gasteiger partial charge in [-0.3, -0.25) is 4.57 Å². The number of methoxy groups -OCH3 is 2. The molecule has 0 saturated carbocycles. The molecule has 1 aromatic carbocycles. The van der Waals surface area contributed by atoms with Crippen molar-refractivity contribution in [3.05, 3.63) is 34.7 Å². The molecule has 130 valence electrons. The summed E-state index contributed by atoms with van der Waals surface area (Å²) in [6.07, 6.45) is 1.01. The lowest BCUT2D eigenvalue weighted by Gasteiger charge is -2.20. The number of aromatic nitrogens is 1. The maximum absolute atomic E-state index is 14.3. The Labute approximate surface area is 148 Å². The van der Waals surface area contributed by atoms with Gasteiger partial charge < -0.3 is 14.2 Å². The molecule has 2 aromatic rings. The van der Waals surface area contributed by atoms with Crippen LogP contribution in [0.4, 0.5) is 9.18 Å². The van der Waals surface area contributed by atoms with Crippen molar-refractivity contribution in [2.45, 2.75) is 26.4 Å². The maximum Gasteiger partial charge on any atom is 0.419 e. The molecule has 0 bridgehead atoms. The zero-order valence-corrected chi connectivity index (χ0v) is 15.7. The Balaban J connectivity index is 2.54. The Hall–Kier alpha value is -2.02. The average molecular weight is 400 g/mol. The Morgan fingerprint density at radius 3 is 2.38 bits per heavy atom. The first-order valence-electron chi connectivity index (χ1n) is 7.19. The maximum atomic E-state index is 14.3. The van der Waals surface area contributed by atoms with E-state index >= 15 is 0 Å². The van der Waals surface area contributed by atoms with Crippen molar-refractivity contribution in [1.82, 2.24) is 4.57 Å². The number of carbonyl (C=O) groups excluding carboxylic acids is 1. The summed E-state index contributed by atoms with van der Waals surface area (Å²) in [7, 11) is 2.78. The number of nitrogens with zero attached hydrogens (tertiary/aromatic N) is 1. The normalized spacial score (nSPS) is 11.3. The van der Waals surface area contributed by atoms with E-state index in [0.29, 0.717) is 15.7 Å². The van der Waals surface area contributed by atoms with Gasteiger partial charge in [0.2, 0.25) is 0 Å². The smallest absolute Gasteiger partial charge is 0.419 e. The highest BCUT2D eigenvalue weighted by Crippen LogP contribution is 2.36. The van der Waals surface area contributed by atoms with Crippen LogP contribution in [0, 0.1) is 5.82 Å². The second-order valence-corrected chi connectivity index (χ2v) is 7.00. The summed E-state index contributed by atoms with van der Waals surface area (Å²) in [4.78, 5) is 12.4. The highest BCUT2D eigenvalue weighted by Gasteiger charge is 2.22. The van der Waals surface area contributed by atoms with Crippen LogP contribution in [0.15, 0.2) is 28.9 Å². The molecule has 2 rings (SSSR count). The van der Waals surface area contributed by atoms with Crippen molar-refractivity contribution in [3.63, 3.8) is 0 Å². The molecule has 0 fully saturated rings. The minimum absolute atomic E-state index is 0.00990. The minimum Gasteiger partial charge on any atom is -0.493 e. The molecule has 0 spiro atoms. The van der Waals surface area contributed by atoms with Gasteiger partial charge in [-0.25, -0.2) is 9.18 Å². The standard InChI is InChI=1S/C17H19BrFNO4/c1-17(2,3)24-16(21)20-9-11(18)8-13(20)10-6-12(19)15(23-5)14(7-10)22-4/h6-9H,1-5H3. The van der Waals surface area contributed by atoms with E-state index in [1.807, 2.05) is 0 Å². The van der Waals surface area contributed by atoms with Crippen LogP contribution in [-0.2, 0) is 4.74 Å². The van der Waals surface area contributed by atoms with Crippen molar-refractivity contribution in [2.75, 3.05) is 14.2 Å². The van der Waals surface area contributed by atoms with Crippen molar-refractivity contribution in [2.24, 2.45) is 0 Å². The number of carbonyl (C=O) groups is 1. The van der Waals surface area contributed by atoms with Crippen LogP contribution < -0.4 is 9.47 Å². The number of benzene rings is 1. The molecular formula is C17H19BrFNO4. The summed E-state index contributed by atoms with van der Waals surface area (Å²) in [6, 6.07) is 4.58. The summed E-state index contributed by atoms with van der Waals surface area (Å²) in [5, 5.41) is 0. The molecule has 1 heterocycles. The van der Waals surface area contributed by atoms with Gasteiger partial charge in [0.05, 0.1) is 19.9 Å². The van der Waals surface area contributed by atoms with E-state index in [9.17, 15) is 9.18 Å². The molecule has 1 aromatic heterocycles. The monoisotopic (exact) mass is 399 g/mol. The fourth-order valence-electron chi connectivity index (χ4n) is 2.18. The van der Waals surface area contributed by atoms with Gasteiger partial charge in [-0.15, -0.1) is 0 Å². The Morgan fingerprint density at radius 2 is 1.83 bits per heavy atom. The van der Waals surface area contributed by atoms with Crippen LogP contribution in [0.25, 0.3) is 11.3 Å². The van der Waals surface area contributed by atoms with E-state index < -0.39 is 17.5 Å². The van der Waals surface area contributed by atoms with Crippen molar-refractivity contribution >= 4 is 22.0 Å². The van der Waals surface area contributed by atoms with Gasteiger partial charge in [0, 0.05) is 16.2 Å². The number of hydrogen-bond acceptors (Lipinski definition) is 4. The number of hydrogen-bond donors (Lipinski definition) is 0. The lowest BCUT2D eigenvalue weighted by Crippen LogP contribution is -2.27. The molecule has 0 aliphatic heterocycles. The van der Waals surface area contributed by atoms with Crippen molar-refractivity contribution in [1.29, 1.82) is 0 Å². The van der Waals surface area contributed by atoms with E-state index in [1.165, 1.54) is 24.9 Å². The first kappa shape index (κ1) is 18.3. The summed E-state index contributed by atoms with van der Waals surface area (Å²) < 4.78 is 31.8. The minimum atomic E-state index is -0.645. The van der Waals surface area contributed by atoms with E-state index in [-0.39, 0.29) is 11.5 Å². The van der Waals surface area contributed by atoms with Crippen LogP contribution in [0.1, 0.15) is 20.8 Å². The molecular weight excluding hydrogens is 381 g/mol. The quantitative estimate of drug-likeness (QED) is 0.739. The van der Waals surface area contributed by atoms with Gasteiger partial charge in [-0.1, -0.05) is 0 Å². The van der Waals surface area contributed by atoms with Gasteiger partial charge >= 0.3 is 6.09 Å². The summed E-state index contributed by atoms with van der Waals surface area (Å²) in [6.45, 7) is 5.33. The molecule has 0 atom stereocenters. The third-order valence-electron chi connectivity index (χ3n) is 3.11. The molecule has 24 heavy (non-hydrogen) atoms. The molecule has 0 aliphatic rings. The third kappa shape index (κ3) is 3.90. The highest BCUT2D eigenvalue weighted by molar-refractivity contribution is 9.10. The van der Waals surface area contributed by atoms with Gasteiger partial charge in [0.15, 0.2) is 17.3 Å². The van der Waals surface area contributed by atoms with E-state index in [2.05, 4.69) is 15.9 Å².